The summed E-state index contributed by atoms with van der Waals surface area (Å²) in [5.74, 6) is 1.43. The van der Waals surface area contributed by atoms with Gasteiger partial charge in [-0.05, 0) is 42.8 Å². The maximum Gasteiger partial charge on any atom is 0.164 e. The Bertz CT molecular complexity index is 1080. The Labute approximate surface area is 164 Å². The highest BCUT2D eigenvalue weighted by Crippen LogP contribution is 2.31. The lowest BCUT2D eigenvalue weighted by molar-refractivity contribution is 1.11. The van der Waals surface area contributed by atoms with E-state index in [1.165, 1.54) is 4.88 Å². The zero-order valence-electron chi connectivity index (χ0n) is 13.8. The number of rotatable bonds is 4. The maximum atomic E-state index is 6.28. The summed E-state index contributed by atoms with van der Waals surface area (Å²) in [6.07, 6.45) is 3.50. The number of nitrogens with one attached hydrogen (secondary N) is 1. The van der Waals surface area contributed by atoms with Gasteiger partial charge in [-0.1, -0.05) is 29.3 Å². The van der Waals surface area contributed by atoms with E-state index in [1.54, 1.807) is 29.8 Å². The van der Waals surface area contributed by atoms with Crippen molar-refractivity contribution < 1.29 is 0 Å². The molecule has 0 aliphatic carbocycles. The lowest BCUT2D eigenvalue weighted by Gasteiger charge is -2.10. The van der Waals surface area contributed by atoms with Crippen molar-refractivity contribution in [2.24, 2.45) is 0 Å². The fourth-order valence-corrected chi connectivity index (χ4v) is 4.00. The van der Waals surface area contributed by atoms with E-state index in [4.69, 9.17) is 33.2 Å². The van der Waals surface area contributed by atoms with Crippen molar-refractivity contribution in [2.75, 3.05) is 5.32 Å². The smallest absolute Gasteiger partial charge is 0.164 e. The minimum absolute atomic E-state index is 0.545. The van der Waals surface area contributed by atoms with E-state index in [-0.39, 0.29) is 0 Å². The fraction of sp³-hybridized carbons (Fsp3) is 0.105. The number of hydrogen-bond acceptors (Lipinski definition) is 5. The summed E-state index contributed by atoms with van der Waals surface area (Å²) in [5, 5.41) is 5.65. The summed E-state index contributed by atoms with van der Waals surface area (Å²) in [4.78, 5) is 15.7. The lowest BCUT2D eigenvalue weighted by Crippen LogP contribution is -2.04. The summed E-state index contributed by atoms with van der Waals surface area (Å²) in [6.45, 7) is 2.61. The van der Waals surface area contributed by atoms with Gasteiger partial charge in [0.25, 0.3) is 0 Å². The number of benzene rings is 1. The Kier molecular flexibility index (Phi) is 4.76. The van der Waals surface area contributed by atoms with Crippen molar-refractivity contribution in [1.29, 1.82) is 0 Å². The fourth-order valence-electron chi connectivity index (χ4n) is 2.64. The summed E-state index contributed by atoms with van der Waals surface area (Å²) >= 11 is 13.9. The molecule has 1 aromatic carbocycles. The molecule has 7 heteroatoms. The van der Waals surface area contributed by atoms with Crippen LogP contribution in [0.25, 0.3) is 21.6 Å². The molecule has 3 aromatic heterocycles. The second kappa shape index (κ2) is 7.19. The summed E-state index contributed by atoms with van der Waals surface area (Å²) in [5.41, 5.74) is 1.84. The number of nitrogens with zero attached hydrogens (tertiary/aromatic N) is 3. The molecule has 0 bridgehead atoms. The predicted molar refractivity (Wildman–Crippen MR) is 109 cm³/mol. The second-order valence-electron chi connectivity index (χ2n) is 5.80. The van der Waals surface area contributed by atoms with Crippen LogP contribution in [0.15, 0.2) is 48.8 Å². The van der Waals surface area contributed by atoms with Gasteiger partial charge in [-0.2, -0.15) is 0 Å². The molecule has 1 N–H and O–H groups in total. The van der Waals surface area contributed by atoms with Gasteiger partial charge in [0.15, 0.2) is 5.82 Å². The molecule has 0 radical (unpaired) electrons. The van der Waals surface area contributed by atoms with E-state index in [1.807, 2.05) is 24.3 Å². The van der Waals surface area contributed by atoms with Gasteiger partial charge in [0.2, 0.25) is 0 Å². The lowest BCUT2D eigenvalue weighted by atomic mass is 10.2. The van der Waals surface area contributed by atoms with Crippen LogP contribution < -0.4 is 5.32 Å². The molecular formula is C19H14Cl2N4S. The van der Waals surface area contributed by atoms with Crippen molar-refractivity contribution in [3.63, 3.8) is 0 Å². The summed E-state index contributed by atoms with van der Waals surface area (Å²) < 4.78 is 0. The quantitative estimate of drug-likeness (QED) is 0.457. The van der Waals surface area contributed by atoms with Gasteiger partial charge < -0.3 is 5.32 Å². The monoisotopic (exact) mass is 400 g/mol. The standard InChI is InChI=1S/C19H14Cl2N4S/c1-11-7-15-18(23-10-12-4-5-14(20)8-16(12)21)24-17(25-19(15)26-11)13-3-2-6-22-9-13/h2-9H,10H2,1H3,(H,23,24,25). The molecule has 0 amide bonds. The molecule has 26 heavy (non-hydrogen) atoms. The first-order valence-electron chi connectivity index (χ1n) is 7.96. The number of aromatic nitrogens is 3. The number of pyridine rings is 1. The van der Waals surface area contributed by atoms with Crippen molar-refractivity contribution in [1.82, 2.24) is 15.0 Å². The van der Waals surface area contributed by atoms with Crippen LogP contribution in [0, 0.1) is 6.92 Å². The highest BCUT2D eigenvalue weighted by molar-refractivity contribution is 7.18. The number of thiophene rings is 1. The molecule has 130 valence electrons. The topological polar surface area (TPSA) is 50.7 Å². The highest BCUT2D eigenvalue weighted by atomic mass is 35.5. The first-order chi connectivity index (χ1) is 12.6. The van der Waals surface area contributed by atoms with Gasteiger partial charge in [-0.15, -0.1) is 11.3 Å². The zero-order chi connectivity index (χ0) is 18.1. The highest BCUT2D eigenvalue weighted by Gasteiger charge is 2.12. The van der Waals surface area contributed by atoms with E-state index in [0.29, 0.717) is 22.4 Å². The Morgan fingerprint density at radius 1 is 1.12 bits per heavy atom. The SMILES string of the molecule is Cc1cc2c(NCc3ccc(Cl)cc3Cl)nc(-c3cccnc3)nc2s1. The third-order valence-corrected chi connectivity index (χ3v) is 5.43. The molecule has 0 atom stereocenters. The summed E-state index contributed by atoms with van der Waals surface area (Å²) in [7, 11) is 0. The third kappa shape index (κ3) is 3.51. The third-order valence-electron chi connectivity index (χ3n) is 3.90. The van der Waals surface area contributed by atoms with Crippen LogP contribution >= 0.6 is 34.5 Å². The van der Waals surface area contributed by atoms with E-state index < -0.39 is 0 Å². The Balaban J connectivity index is 1.73. The molecule has 0 saturated carbocycles. The molecule has 3 heterocycles. The zero-order valence-corrected chi connectivity index (χ0v) is 16.2. The first kappa shape index (κ1) is 17.2. The van der Waals surface area contributed by atoms with Crippen LogP contribution in [0.1, 0.15) is 10.4 Å². The number of aryl methyl sites for hydroxylation is 1. The number of anilines is 1. The number of halogens is 2. The summed E-state index contributed by atoms with van der Waals surface area (Å²) in [6, 6.07) is 11.4. The van der Waals surface area contributed by atoms with Gasteiger partial charge in [-0.25, -0.2) is 9.97 Å². The van der Waals surface area contributed by atoms with Gasteiger partial charge in [0, 0.05) is 39.4 Å². The Hall–Kier alpha value is -2.21. The molecular weight excluding hydrogens is 387 g/mol. The van der Waals surface area contributed by atoms with Crippen molar-refractivity contribution >= 4 is 50.6 Å². The van der Waals surface area contributed by atoms with Gasteiger partial charge in [0.1, 0.15) is 10.6 Å². The molecule has 4 aromatic rings. The minimum Gasteiger partial charge on any atom is -0.365 e. The number of fused-ring (bicyclic) bond motifs is 1. The minimum atomic E-state index is 0.545. The van der Waals surface area contributed by atoms with E-state index in [9.17, 15) is 0 Å². The van der Waals surface area contributed by atoms with E-state index in [0.717, 1.165) is 27.2 Å². The maximum absolute atomic E-state index is 6.28. The number of hydrogen-bond donors (Lipinski definition) is 1. The Morgan fingerprint density at radius 3 is 2.77 bits per heavy atom. The molecule has 0 unspecified atom stereocenters. The van der Waals surface area contributed by atoms with Crippen LogP contribution in [0.4, 0.5) is 5.82 Å². The van der Waals surface area contributed by atoms with E-state index in [2.05, 4.69) is 23.3 Å². The van der Waals surface area contributed by atoms with Crippen LogP contribution in [0.3, 0.4) is 0 Å². The van der Waals surface area contributed by atoms with Gasteiger partial charge in [0.05, 0.1) is 5.39 Å². The molecule has 0 spiro atoms. The van der Waals surface area contributed by atoms with Crippen molar-refractivity contribution in [2.45, 2.75) is 13.5 Å². The average molecular weight is 401 g/mol. The van der Waals surface area contributed by atoms with Crippen LogP contribution in [-0.4, -0.2) is 15.0 Å². The van der Waals surface area contributed by atoms with Crippen molar-refractivity contribution in [3.05, 3.63) is 69.3 Å². The molecule has 0 saturated heterocycles. The second-order valence-corrected chi connectivity index (χ2v) is 7.88. The largest absolute Gasteiger partial charge is 0.365 e. The normalized spacial score (nSPS) is 11.0. The van der Waals surface area contributed by atoms with Gasteiger partial charge >= 0.3 is 0 Å². The predicted octanol–water partition coefficient (Wildman–Crippen LogP) is 5.98. The Morgan fingerprint density at radius 2 is 2.00 bits per heavy atom. The van der Waals surface area contributed by atoms with E-state index >= 15 is 0 Å². The molecule has 0 fully saturated rings. The van der Waals surface area contributed by atoms with Crippen LogP contribution in [0.5, 0.6) is 0 Å². The average Bonchev–Trinajstić information content (AvgIpc) is 3.02. The molecule has 0 aliphatic heterocycles. The van der Waals surface area contributed by atoms with Crippen LogP contribution in [-0.2, 0) is 6.54 Å². The molecule has 4 nitrogen and oxygen atoms in total. The molecule has 0 aliphatic rings. The molecule has 4 rings (SSSR count). The van der Waals surface area contributed by atoms with Gasteiger partial charge in [-0.3, -0.25) is 4.98 Å². The first-order valence-corrected chi connectivity index (χ1v) is 9.54. The van der Waals surface area contributed by atoms with Crippen molar-refractivity contribution in [3.8, 4) is 11.4 Å². The van der Waals surface area contributed by atoms with Crippen LogP contribution in [0.2, 0.25) is 10.0 Å².